The molecule has 0 amide bonds. The number of hydrogen-bond donors (Lipinski definition) is 1. The first-order valence-electron chi connectivity index (χ1n) is 5.76. The van der Waals surface area contributed by atoms with Crippen molar-refractivity contribution in [3.05, 3.63) is 0 Å². The molecule has 0 radical (unpaired) electrons. The lowest BCUT2D eigenvalue weighted by Crippen LogP contribution is -2.25. The zero-order chi connectivity index (χ0) is 10.6. The van der Waals surface area contributed by atoms with Crippen LogP contribution in [0.2, 0.25) is 0 Å². The van der Waals surface area contributed by atoms with E-state index in [9.17, 15) is 0 Å². The molecule has 0 aromatic rings. The van der Waals surface area contributed by atoms with Gasteiger partial charge in [-0.1, -0.05) is 20.8 Å². The molecule has 1 rings (SSSR count). The fourth-order valence-electron chi connectivity index (χ4n) is 2.32. The highest BCUT2D eigenvalue weighted by atomic mass is 16.3. The SMILES string of the molecule is CC1CC(=NCCO)CC(C(C)C)C1. The van der Waals surface area contributed by atoms with E-state index in [1.807, 2.05) is 0 Å². The number of aliphatic hydroxyl groups excluding tert-OH is 1. The summed E-state index contributed by atoms with van der Waals surface area (Å²) in [6.07, 6.45) is 3.64. The van der Waals surface area contributed by atoms with Crippen molar-refractivity contribution >= 4 is 5.71 Å². The summed E-state index contributed by atoms with van der Waals surface area (Å²) in [5.74, 6) is 2.34. The second-order valence-corrected chi connectivity index (χ2v) is 4.92. The predicted molar refractivity (Wildman–Crippen MR) is 60.7 cm³/mol. The maximum atomic E-state index is 8.73. The van der Waals surface area contributed by atoms with E-state index in [4.69, 9.17) is 5.11 Å². The van der Waals surface area contributed by atoms with Crippen molar-refractivity contribution < 1.29 is 5.11 Å². The van der Waals surface area contributed by atoms with Crippen molar-refractivity contribution in [3.63, 3.8) is 0 Å². The molecule has 82 valence electrons. The molecule has 1 saturated carbocycles. The van der Waals surface area contributed by atoms with Gasteiger partial charge in [0.15, 0.2) is 0 Å². The molecule has 0 aromatic heterocycles. The van der Waals surface area contributed by atoms with E-state index in [0.29, 0.717) is 6.54 Å². The van der Waals surface area contributed by atoms with Gasteiger partial charge in [0, 0.05) is 5.71 Å². The van der Waals surface area contributed by atoms with Gasteiger partial charge in [-0.15, -0.1) is 0 Å². The van der Waals surface area contributed by atoms with E-state index in [-0.39, 0.29) is 6.61 Å². The van der Waals surface area contributed by atoms with E-state index in [1.54, 1.807) is 0 Å². The fourth-order valence-corrected chi connectivity index (χ4v) is 2.32. The highest BCUT2D eigenvalue weighted by molar-refractivity contribution is 5.85. The van der Waals surface area contributed by atoms with Crippen LogP contribution in [0.1, 0.15) is 40.0 Å². The molecule has 1 aliphatic rings. The summed E-state index contributed by atoms with van der Waals surface area (Å²) in [4.78, 5) is 4.45. The van der Waals surface area contributed by atoms with Crippen LogP contribution in [0.3, 0.4) is 0 Å². The first kappa shape index (κ1) is 11.7. The van der Waals surface area contributed by atoms with Crippen LogP contribution in [-0.4, -0.2) is 24.0 Å². The van der Waals surface area contributed by atoms with E-state index in [2.05, 4.69) is 25.8 Å². The second-order valence-electron chi connectivity index (χ2n) is 4.92. The van der Waals surface area contributed by atoms with Crippen LogP contribution in [-0.2, 0) is 0 Å². The van der Waals surface area contributed by atoms with Crippen LogP contribution in [0, 0.1) is 17.8 Å². The molecule has 0 heterocycles. The van der Waals surface area contributed by atoms with Crippen molar-refractivity contribution in [2.75, 3.05) is 13.2 Å². The summed E-state index contributed by atoms with van der Waals surface area (Å²) in [6.45, 7) is 7.68. The minimum absolute atomic E-state index is 0.185. The summed E-state index contributed by atoms with van der Waals surface area (Å²) >= 11 is 0. The third-order valence-electron chi connectivity index (χ3n) is 3.17. The van der Waals surface area contributed by atoms with Gasteiger partial charge < -0.3 is 5.11 Å². The predicted octanol–water partition coefficient (Wildman–Crippen LogP) is 2.51. The summed E-state index contributed by atoms with van der Waals surface area (Å²) in [7, 11) is 0. The van der Waals surface area contributed by atoms with Gasteiger partial charge in [-0.3, -0.25) is 4.99 Å². The van der Waals surface area contributed by atoms with Crippen LogP contribution in [0.15, 0.2) is 4.99 Å². The van der Waals surface area contributed by atoms with Gasteiger partial charge in [0.2, 0.25) is 0 Å². The summed E-state index contributed by atoms with van der Waals surface area (Å²) in [6, 6.07) is 0. The zero-order valence-corrected chi connectivity index (χ0v) is 9.66. The molecule has 0 saturated heterocycles. The Morgan fingerprint density at radius 2 is 2.14 bits per heavy atom. The smallest absolute Gasteiger partial charge is 0.0626 e. The Morgan fingerprint density at radius 3 is 2.71 bits per heavy atom. The molecule has 1 N–H and O–H groups in total. The van der Waals surface area contributed by atoms with E-state index < -0.39 is 0 Å². The largest absolute Gasteiger partial charge is 0.394 e. The quantitative estimate of drug-likeness (QED) is 0.741. The number of aliphatic imine (C=N–C) groups is 1. The molecule has 2 unspecified atom stereocenters. The third-order valence-corrected chi connectivity index (χ3v) is 3.17. The van der Waals surface area contributed by atoms with Crippen LogP contribution in [0.25, 0.3) is 0 Å². The molecule has 2 atom stereocenters. The van der Waals surface area contributed by atoms with Gasteiger partial charge in [0.1, 0.15) is 0 Å². The number of rotatable bonds is 3. The molecule has 0 aromatic carbocycles. The van der Waals surface area contributed by atoms with Crippen molar-refractivity contribution in [3.8, 4) is 0 Å². The number of hydrogen-bond acceptors (Lipinski definition) is 2. The van der Waals surface area contributed by atoms with Gasteiger partial charge in [0.05, 0.1) is 13.2 Å². The highest BCUT2D eigenvalue weighted by Crippen LogP contribution is 2.31. The Balaban J connectivity index is 2.53. The third kappa shape index (κ3) is 3.41. The fraction of sp³-hybridized carbons (Fsp3) is 0.917. The first-order valence-corrected chi connectivity index (χ1v) is 5.76. The molecule has 0 bridgehead atoms. The van der Waals surface area contributed by atoms with Crippen molar-refractivity contribution in [1.82, 2.24) is 0 Å². The van der Waals surface area contributed by atoms with Gasteiger partial charge in [-0.2, -0.15) is 0 Å². The van der Waals surface area contributed by atoms with E-state index in [1.165, 1.54) is 12.1 Å². The Kier molecular flexibility index (Phi) is 4.59. The van der Waals surface area contributed by atoms with Crippen LogP contribution < -0.4 is 0 Å². The summed E-state index contributed by atoms with van der Waals surface area (Å²) < 4.78 is 0. The molecule has 2 heteroatoms. The van der Waals surface area contributed by atoms with Crippen molar-refractivity contribution in [2.45, 2.75) is 40.0 Å². The molecule has 0 spiro atoms. The van der Waals surface area contributed by atoms with E-state index in [0.717, 1.165) is 30.6 Å². The van der Waals surface area contributed by atoms with Crippen LogP contribution >= 0.6 is 0 Å². The van der Waals surface area contributed by atoms with Gasteiger partial charge in [-0.05, 0) is 37.0 Å². The Labute approximate surface area is 87.4 Å². The van der Waals surface area contributed by atoms with Gasteiger partial charge in [-0.25, -0.2) is 0 Å². The second kappa shape index (κ2) is 5.50. The molecule has 0 aliphatic heterocycles. The molecule has 14 heavy (non-hydrogen) atoms. The average Bonchev–Trinajstić information content (AvgIpc) is 2.14. The van der Waals surface area contributed by atoms with Crippen LogP contribution in [0.5, 0.6) is 0 Å². The Morgan fingerprint density at radius 1 is 1.43 bits per heavy atom. The minimum Gasteiger partial charge on any atom is -0.394 e. The lowest BCUT2D eigenvalue weighted by Gasteiger charge is -2.30. The first-order chi connectivity index (χ1) is 6.63. The maximum absolute atomic E-state index is 8.73. The van der Waals surface area contributed by atoms with E-state index >= 15 is 0 Å². The Hall–Kier alpha value is -0.370. The zero-order valence-electron chi connectivity index (χ0n) is 9.66. The van der Waals surface area contributed by atoms with Crippen LogP contribution in [0.4, 0.5) is 0 Å². The Bertz CT molecular complexity index is 198. The molecule has 1 aliphatic carbocycles. The number of nitrogens with zero attached hydrogens (tertiary/aromatic N) is 1. The van der Waals surface area contributed by atoms with Gasteiger partial charge in [0.25, 0.3) is 0 Å². The normalized spacial score (nSPS) is 31.4. The standard InChI is InChI=1S/C12H23NO/c1-9(2)11-6-10(3)7-12(8-11)13-4-5-14/h9-11,14H,4-8H2,1-3H3. The minimum atomic E-state index is 0.185. The lowest BCUT2D eigenvalue weighted by atomic mass is 9.76. The molecular weight excluding hydrogens is 174 g/mol. The van der Waals surface area contributed by atoms with Crippen molar-refractivity contribution in [1.29, 1.82) is 0 Å². The topological polar surface area (TPSA) is 32.6 Å². The molecule has 2 nitrogen and oxygen atoms in total. The monoisotopic (exact) mass is 197 g/mol. The maximum Gasteiger partial charge on any atom is 0.0626 e. The van der Waals surface area contributed by atoms with Crippen molar-refractivity contribution in [2.24, 2.45) is 22.7 Å². The highest BCUT2D eigenvalue weighted by Gasteiger charge is 2.25. The summed E-state index contributed by atoms with van der Waals surface area (Å²) in [5, 5.41) is 8.73. The molecular formula is C12H23NO. The lowest BCUT2D eigenvalue weighted by molar-refractivity contribution is 0.291. The molecule has 1 fully saturated rings. The summed E-state index contributed by atoms with van der Waals surface area (Å²) in [5.41, 5.74) is 1.33. The van der Waals surface area contributed by atoms with Gasteiger partial charge >= 0.3 is 0 Å². The average molecular weight is 197 g/mol. The number of aliphatic hydroxyl groups is 1.